The highest BCUT2D eigenvalue weighted by atomic mass is 16.3. The summed E-state index contributed by atoms with van der Waals surface area (Å²) >= 11 is 0. The highest BCUT2D eigenvalue weighted by Crippen LogP contribution is 2.34. The second kappa shape index (κ2) is 8.50. The molecule has 8 heteroatoms. The first-order valence-corrected chi connectivity index (χ1v) is 12.8. The number of carbonyl (C=O) groups is 1. The quantitative estimate of drug-likeness (QED) is 0.623. The second-order valence-corrected chi connectivity index (χ2v) is 10.4. The molecule has 3 aliphatic rings. The Kier molecular flexibility index (Phi) is 5.45. The van der Waals surface area contributed by atoms with Crippen molar-refractivity contribution >= 4 is 27.7 Å². The van der Waals surface area contributed by atoms with E-state index in [4.69, 9.17) is 0 Å². The fourth-order valence-electron chi connectivity index (χ4n) is 6.42. The Balaban J connectivity index is 1.33. The van der Waals surface area contributed by atoms with Crippen LogP contribution in [0.15, 0.2) is 23.1 Å². The molecule has 0 spiro atoms. The number of rotatable bonds is 3. The number of hydrogen-bond donors (Lipinski definition) is 2. The van der Waals surface area contributed by atoms with Crippen molar-refractivity contribution in [1.82, 2.24) is 24.6 Å². The average Bonchev–Trinajstić information content (AvgIpc) is 3.59. The fourth-order valence-corrected chi connectivity index (χ4v) is 6.42. The number of H-pyrrole nitrogens is 1. The summed E-state index contributed by atoms with van der Waals surface area (Å²) in [5.74, 6) is 0.0392. The molecule has 1 aromatic carbocycles. The van der Waals surface area contributed by atoms with Crippen molar-refractivity contribution in [2.45, 2.75) is 70.1 Å². The molecule has 0 radical (unpaired) electrons. The van der Waals surface area contributed by atoms with Gasteiger partial charge in [0.05, 0.1) is 34.8 Å². The number of amides is 1. The molecule has 180 valence electrons. The smallest absolute Gasteiger partial charge is 0.259 e. The number of aliphatic hydroxyl groups excluding tert-OH is 1. The largest absolute Gasteiger partial charge is 0.391 e. The molecule has 2 aliphatic carbocycles. The van der Waals surface area contributed by atoms with Gasteiger partial charge in [-0.15, -0.1) is 0 Å². The van der Waals surface area contributed by atoms with Crippen molar-refractivity contribution in [1.29, 1.82) is 0 Å². The van der Waals surface area contributed by atoms with Crippen LogP contribution in [0, 0.1) is 6.92 Å². The van der Waals surface area contributed by atoms with Crippen LogP contribution in [0.3, 0.4) is 0 Å². The third-order valence-electron chi connectivity index (χ3n) is 8.32. The minimum Gasteiger partial charge on any atom is -0.391 e. The van der Waals surface area contributed by atoms with Gasteiger partial charge >= 0.3 is 0 Å². The van der Waals surface area contributed by atoms with Crippen LogP contribution in [-0.2, 0) is 0 Å². The van der Waals surface area contributed by atoms with Gasteiger partial charge in [0.15, 0.2) is 0 Å². The zero-order valence-corrected chi connectivity index (χ0v) is 19.8. The van der Waals surface area contributed by atoms with Gasteiger partial charge in [0.25, 0.3) is 11.5 Å². The summed E-state index contributed by atoms with van der Waals surface area (Å²) in [7, 11) is 0. The van der Waals surface area contributed by atoms with Crippen LogP contribution < -0.4 is 5.56 Å². The Hall–Kier alpha value is -2.71. The summed E-state index contributed by atoms with van der Waals surface area (Å²) in [6.45, 7) is 4.87. The monoisotopic (exact) mass is 463 g/mol. The number of aromatic amines is 1. The molecule has 2 saturated carbocycles. The molecule has 1 aliphatic heterocycles. The van der Waals surface area contributed by atoms with E-state index in [9.17, 15) is 14.7 Å². The summed E-state index contributed by atoms with van der Waals surface area (Å²) < 4.78 is 2.02. The van der Waals surface area contributed by atoms with Gasteiger partial charge in [0.2, 0.25) is 0 Å². The van der Waals surface area contributed by atoms with Crippen LogP contribution in [0.2, 0.25) is 0 Å². The highest BCUT2D eigenvalue weighted by Gasteiger charge is 2.34. The molecule has 3 aromatic rings. The SMILES string of the molecule is Cc1cc2[nH]c(=O)c3cnn(C4CCCC4)c3c2cc1C(=O)N1CCN([C@@H]2CCC[C@H]2O)CC1. The van der Waals surface area contributed by atoms with Crippen molar-refractivity contribution < 1.29 is 9.90 Å². The van der Waals surface area contributed by atoms with Gasteiger partial charge in [-0.3, -0.25) is 19.2 Å². The average molecular weight is 464 g/mol. The molecule has 3 fully saturated rings. The lowest BCUT2D eigenvalue weighted by atomic mass is 10.0. The van der Waals surface area contributed by atoms with Gasteiger partial charge in [-0.1, -0.05) is 12.8 Å². The van der Waals surface area contributed by atoms with Crippen LogP contribution in [-0.4, -0.2) is 73.9 Å². The number of aromatic nitrogens is 3. The number of nitrogens with zero attached hydrogens (tertiary/aromatic N) is 4. The first kappa shape index (κ1) is 21.8. The van der Waals surface area contributed by atoms with Crippen LogP contribution in [0.25, 0.3) is 21.8 Å². The van der Waals surface area contributed by atoms with Gasteiger partial charge < -0.3 is 15.0 Å². The number of hydrogen-bond acceptors (Lipinski definition) is 5. The lowest BCUT2D eigenvalue weighted by Gasteiger charge is -2.39. The van der Waals surface area contributed by atoms with E-state index in [0.717, 1.165) is 67.2 Å². The molecule has 2 aromatic heterocycles. The molecule has 1 saturated heterocycles. The maximum Gasteiger partial charge on any atom is 0.259 e. The Morgan fingerprint density at radius 3 is 2.50 bits per heavy atom. The number of fused-ring (bicyclic) bond motifs is 3. The topological polar surface area (TPSA) is 94.5 Å². The fraction of sp³-hybridized carbons (Fsp3) is 0.577. The number of nitrogens with one attached hydrogen (secondary N) is 1. The Bertz CT molecular complexity index is 1300. The number of aryl methyl sites for hydroxylation is 1. The molecule has 0 bridgehead atoms. The van der Waals surface area contributed by atoms with Gasteiger partial charge in [-0.05, 0) is 56.7 Å². The van der Waals surface area contributed by atoms with Gasteiger partial charge in [0, 0.05) is 43.2 Å². The lowest BCUT2D eigenvalue weighted by Crippen LogP contribution is -2.53. The molecule has 3 heterocycles. The van der Waals surface area contributed by atoms with Crippen LogP contribution >= 0.6 is 0 Å². The second-order valence-electron chi connectivity index (χ2n) is 10.4. The van der Waals surface area contributed by atoms with E-state index < -0.39 is 0 Å². The van der Waals surface area contributed by atoms with E-state index >= 15 is 0 Å². The van der Waals surface area contributed by atoms with E-state index in [0.29, 0.717) is 30.1 Å². The van der Waals surface area contributed by atoms with E-state index in [-0.39, 0.29) is 23.6 Å². The number of piperazine rings is 1. The third kappa shape index (κ3) is 3.55. The number of benzene rings is 1. The summed E-state index contributed by atoms with van der Waals surface area (Å²) in [6.07, 6.45) is 8.94. The Morgan fingerprint density at radius 1 is 1.03 bits per heavy atom. The molecular weight excluding hydrogens is 430 g/mol. The first-order chi connectivity index (χ1) is 16.5. The van der Waals surface area contributed by atoms with Crippen molar-refractivity contribution in [2.24, 2.45) is 0 Å². The van der Waals surface area contributed by atoms with Gasteiger partial charge in [-0.25, -0.2) is 0 Å². The van der Waals surface area contributed by atoms with E-state index in [1.54, 1.807) is 6.20 Å². The van der Waals surface area contributed by atoms with Crippen molar-refractivity contribution in [3.8, 4) is 0 Å². The minimum absolute atomic E-state index is 0.0392. The molecular formula is C26H33N5O3. The number of carbonyl (C=O) groups excluding carboxylic acids is 1. The molecule has 8 nitrogen and oxygen atoms in total. The highest BCUT2D eigenvalue weighted by molar-refractivity contribution is 6.07. The van der Waals surface area contributed by atoms with E-state index in [2.05, 4.69) is 15.0 Å². The predicted molar refractivity (Wildman–Crippen MR) is 131 cm³/mol. The van der Waals surface area contributed by atoms with Crippen LogP contribution in [0.4, 0.5) is 0 Å². The summed E-state index contributed by atoms with van der Waals surface area (Å²) in [4.78, 5) is 33.6. The van der Waals surface area contributed by atoms with Crippen molar-refractivity contribution in [3.63, 3.8) is 0 Å². The third-order valence-corrected chi connectivity index (χ3v) is 8.32. The predicted octanol–water partition coefficient (Wildman–Crippen LogP) is 2.97. The zero-order valence-electron chi connectivity index (χ0n) is 19.8. The summed E-state index contributed by atoms with van der Waals surface area (Å²) in [5, 5.41) is 16.3. The molecule has 2 N–H and O–H groups in total. The molecule has 2 atom stereocenters. The Labute approximate surface area is 198 Å². The number of aliphatic hydroxyl groups is 1. The lowest BCUT2D eigenvalue weighted by molar-refractivity contribution is 0.0315. The van der Waals surface area contributed by atoms with Crippen molar-refractivity contribution in [3.05, 3.63) is 39.8 Å². The molecule has 34 heavy (non-hydrogen) atoms. The summed E-state index contributed by atoms with van der Waals surface area (Å²) in [5.41, 5.74) is 3.03. The standard InChI is InChI=1S/C26H33N5O3/c1-16-13-21-19(24-20(25(33)28-21)15-27-31(24)17-5-2-3-6-17)14-18(16)26(34)30-11-9-29(10-12-30)22-7-4-8-23(22)32/h13-15,17,22-23,32H,2-12H2,1H3,(H,28,33)/t22-,23-/m1/s1. The summed E-state index contributed by atoms with van der Waals surface area (Å²) in [6, 6.07) is 4.44. The first-order valence-electron chi connectivity index (χ1n) is 12.8. The molecule has 1 amide bonds. The zero-order chi connectivity index (χ0) is 23.4. The minimum atomic E-state index is -0.237. The molecule has 6 rings (SSSR count). The van der Waals surface area contributed by atoms with Crippen LogP contribution in [0.5, 0.6) is 0 Å². The molecule has 0 unspecified atom stereocenters. The van der Waals surface area contributed by atoms with Crippen molar-refractivity contribution in [2.75, 3.05) is 26.2 Å². The normalized spacial score (nSPS) is 24.6. The number of pyridine rings is 1. The maximum atomic E-state index is 13.6. The van der Waals surface area contributed by atoms with Crippen LogP contribution in [0.1, 0.15) is 66.9 Å². The van der Waals surface area contributed by atoms with E-state index in [1.807, 2.05) is 28.6 Å². The Morgan fingerprint density at radius 2 is 1.79 bits per heavy atom. The van der Waals surface area contributed by atoms with Gasteiger partial charge in [0.1, 0.15) is 0 Å². The maximum absolute atomic E-state index is 13.6. The van der Waals surface area contributed by atoms with Gasteiger partial charge in [-0.2, -0.15) is 5.10 Å². The van der Waals surface area contributed by atoms with E-state index in [1.165, 1.54) is 12.8 Å².